The average molecular weight is 525 g/mol. The van der Waals surface area contributed by atoms with Crippen LogP contribution in [-0.4, -0.2) is 102 Å². The summed E-state index contributed by atoms with van der Waals surface area (Å²) in [4.78, 5) is 38.5. The molecule has 0 atom stereocenters. The molecule has 0 radical (unpaired) electrons. The van der Waals surface area contributed by atoms with Crippen molar-refractivity contribution in [2.75, 3.05) is 50.8 Å². The van der Waals surface area contributed by atoms with Gasteiger partial charge in [0.1, 0.15) is 17.7 Å². The van der Waals surface area contributed by atoms with Crippen LogP contribution in [-0.2, 0) is 9.47 Å². The van der Waals surface area contributed by atoms with Crippen molar-refractivity contribution in [3.63, 3.8) is 0 Å². The smallest absolute Gasteiger partial charge is 0.426 e. The van der Waals surface area contributed by atoms with Gasteiger partial charge in [0.25, 0.3) is 12.0 Å². The van der Waals surface area contributed by atoms with Gasteiger partial charge in [-0.05, 0) is 25.7 Å². The molecule has 3 fully saturated rings. The van der Waals surface area contributed by atoms with Gasteiger partial charge in [0.2, 0.25) is 0 Å². The zero-order chi connectivity index (χ0) is 26.1. The first-order valence-corrected chi connectivity index (χ1v) is 11.5. The number of hydrogen-bond acceptors (Lipinski definition) is 7. The summed E-state index contributed by atoms with van der Waals surface area (Å²) in [5, 5.41) is 0. The lowest BCUT2D eigenvalue weighted by Gasteiger charge is -2.45. The topological polar surface area (TPSA) is 88.1 Å². The first-order valence-electron chi connectivity index (χ1n) is 11.5. The fraction of sp³-hybridized carbons (Fsp3) is 0.714. The monoisotopic (exact) mass is 525 g/mol. The standard InChI is InChI=1S/C21H25F6N5O4/c22-20(23,24)17(21(25,26)27)36-18(34)31-6-3-19(4-7-31)2-1-5-32(19)16(33)14-12-28-13-29-15(14)30-8-10-35-11-9-30/h12-13,17H,1-11H2. The Morgan fingerprint density at radius 3 is 2.22 bits per heavy atom. The largest absolute Gasteiger partial charge is 0.434 e. The molecule has 200 valence electrons. The molecule has 0 aliphatic carbocycles. The third-order valence-corrected chi connectivity index (χ3v) is 6.84. The fourth-order valence-electron chi connectivity index (χ4n) is 5.02. The van der Waals surface area contributed by atoms with Crippen molar-refractivity contribution in [2.24, 2.45) is 0 Å². The zero-order valence-electron chi connectivity index (χ0n) is 19.1. The van der Waals surface area contributed by atoms with Crippen molar-refractivity contribution in [3.8, 4) is 0 Å². The number of carbonyl (C=O) groups is 2. The molecule has 0 aromatic carbocycles. The predicted octanol–water partition coefficient (Wildman–Crippen LogP) is 3.01. The minimum atomic E-state index is -5.78. The van der Waals surface area contributed by atoms with E-state index in [0.717, 1.165) is 4.90 Å². The summed E-state index contributed by atoms with van der Waals surface area (Å²) in [5.41, 5.74) is -0.375. The van der Waals surface area contributed by atoms with E-state index in [0.29, 0.717) is 57.1 Å². The van der Waals surface area contributed by atoms with Gasteiger partial charge < -0.3 is 24.2 Å². The summed E-state index contributed by atoms with van der Waals surface area (Å²) < 4.78 is 85.8. The van der Waals surface area contributed by atoms with Crippen molar-refractivity contribution in [1.82, 2.24) is 19.8 Å². The Balaban J connectivity index is 1.45. The highest BCUT2D eigenvalue weighted by atomic mass is 19.4. The van der Waals surface area contributed by atoms with Gasteiger partial charge in [-0.15, -0.1) is 0 Å². The first-order chi connectivity index (χ1) is 16.9. The zero-order valence-corrected chi connectivity index (χ0v) is 19.1. The predicted molar refractivity (Wildman–Crippen MR) is 111 cm³/mol. The van der Waals surface area contributed by atoms with Crippen molar-refractivity contribution < 1.29 is 45.4 Å². The Labute approximate surface area is 202 Å². The van der Waals surface area contributed by atoms with Gasteiger partial charge in [0.05, 0.1) is 13.2 Å². The van der Waals surface area contributed by atoms with Crippen LogP contribution in [0.15, 0.2) is 12.5 Å². The molecule has 0 N–H and O–H groups in total. The van der Waals surface area contributed by atoms with Crippen LogP contribution in [0.4, 0.5) is 37.0 Å². The maximum absolute atomic E-state index is 13.6. The van der Waals surface area contributed by atoms with Crippen LogP contribution in [0, 0.1) is 0 Å². The van der Waals surface area contributed by atoms with E-state index in [9.17, 15) is 35.9 Å². The second-order valence-corrected chi connectivity index (χ2v) is 8.98. The van der Waals surface area contributed by atoms with Crippen LogP contribution in [0.25, 0.3) is 0 Å². The van der Waals surface area contributed by atoms with Gasteiger partial charge >= 0.3 is 18.4 Å². The Hall–Kier alpha value is -2.84. The number of nitrogens with zero attached hydrogens (tertiary/aromatic N) is 5. The molecular formula is C21H25F6N5O4. The van der Waals surface area contributed by atoms with Gasteiger partial charge in [-0.1, -0.05) is 0 Å². The molecule has 2 amide bonds. The van der Waals surface area contributed by atoms with Crippen molar-refractivity contribution in [3.05, 3.63) is 18.1 Å². The lowest BCUT2D eigenvalue weighted by Crippen LogP contribution is -2.56. The molecule has 0 saturated carbocycles. The molecular weight excluding hydrogens is 500 g/mol. The van der Waals surface area contributed by atoms with E-state index < -0.39 is 30.1 Å². The Morgan fingerprint density at radius 1 is 0.972 bits per heavy atom. The molecule has 3 aliphatic heterocycles. The van der Waals surface area contributed by atoms with E-state index in [-0.39, 0.29) is 31.8 Å². The minimum Gasteiger partial charge on any atom is -0.426 e. The maximum Gasteiger partial charge on any atom is 0.434 e. The number of amides is 2. The number of hydrogen-bond donors (Lipinski definition) is 0. The molecule has 4 heterocycles. The van der Waals surface area contributed by atoms with E-state index in [1.807, 2.05) is 4.90 Å². The number of morpholine rings is 1. The summed E-state index contributed by atoms with van der Waals surface area (Å²) in [5.74, 6) is 0.173. The molecule has 9 nitrogen and oxygen atoms in total. The Kier molecular flexibility index (Phi) is 7.21. The van der Waals surface area contributed by atoms with E-state index in [1.165, 1.54) is 12.5 Å². The van der Waals surface area contributed by atoms with Crippen LogP contribution >= 0.6 is 0 Å². The number of likely N-dealkylation sites (tertiary alicyclic amines) is 2. The second kappa shape index (κ2) is 9.90. The van der Waals surface area contributed by atoms with Crippen molar-refractivity contribution in [2.45, 2.75) is 49.7 Å². The van der Waals surface area contributed by atoms with Gasteiger partial charge in [-0.3, -0.25) is 4.79 Å². The van der Waals surface area contributed by atoms with Crippen LogP contribution < -0.4 is 4.90 Å². The molecule has 1 aromatic rings. The molecule has 4 rings (SSSR count). The minimum absolute atomic E-state index is 0.146. The van der Waals surface area contributed by atoms with Crippen LogP contribution in [0.1, 0.15) is 36.0 Å². The highest BCUT2D eigenvalue weighted by Gasteiger charge is 2.60. The van der Waals surface area contributed by atoms with Gasteiger partial charge in [-0.25, -0.2) is 14.8 Å². The third-order valence-electron chi connectivity index (χ3n) is 6.84. The Bertz CT molecular complexity index is 947. The summed E-state index contributed by atoms with van der Waals surface area (Å²) in [6.45, 7) is 2.21. The molecule has 3 aliphatic rings. The van der Waals surface area contributed by atoms with Crippen LogP contribution in [0.3, 0.4) is 0 Å². The van der Waals surface area contributed by atoms with Crippen LogP contribution in [0.2, 0.25) is 0 Å². The van der Waals surface area contributed by atoms with Gasteiger partial charge in [-0.2, -0.15) is 26.3 Å². The number of rotatable bonds is 3. The molecule has 3 saturated heterocycles. The molecule has 1 spiro atoms. The Morgan fingerprint density at radius 2 is 1.61 bits per heavy atom. The van der Waals surface area contributed by atoms with E-state index in [1.54, 1.807) is 4.90 Å². The third kappa shape index (κ3) is 5.30. The lowest BCUT2D eigenvalue weighted by atomic mass is 9.84. The molecule has 36 heavy (non-hydrogen) atoms. The van der Waals surface area contributed by atoms with Crippen LogP contribution in [0.5, 0.6) is 0 Å². The quantitative estimate of drug-likeness (QED) is 0.561. The van der Waals surface area contributed by atoms with E-state index >= 15 is 0 Å². The molecule has 1 aromatic heterocycles. The second-order valence-electron chi connectivity index (χ2n) is 8.98. The SMILES string of the molecule is O=C(OC(C(F)(F)F)C(F)(F)F)N1CCC2(CCCN2C(=O)c2cncnc2N2CCOCC2)CC1. The number of piperidine rings is 1. The summed E-state index contributed by atoms with van der Waals surface area (Å²) in [6.07, 6.45) is -13.0. The van der Waals surface area contributed by atoms with E-state index in [2.05, 4.69) is 14.7 Å². The number of aromatic nitrogens is 2. The first kappa shape index (κ1) is 26.2. The summed E-state index contributed by atoms with van der Waals surface area (Å²) >= 11 is 0. The highest BCUT2D eigenvalue weighted by molar-refractivity contribution is 5.99. The average Bonchev–Trinajstić information content (AvgIpc) is 3.24. The fourth-order valence-corrected chi connectivity index (χ4v) is 5.02. The molecule has 0 bridgehead atoms. The number of carbonyl (C=O) groups excluding carboxylic acids is 2. The number of ether oxygens (including phenoxy) is 2. The highest BCUT2D eigenvalue weighted by Crippen LogP contribution is 2.41. The number of halogens is 6. The molecule has 15 heteroatoms. The molecule has 0 unspecified atom stereocenters. The lowest BCUT2D eigenvalue weighted by molar-refractivity contribution is -0.308. The number of anilines is 1. The van der Waals surface area contributed by atoms with Crippen molar-refractivity contribution >= 4 is 17.8 Å². The normalized spacial score (nSPS) is 20.8. The van der Waals surface area contributed by atoms with Gasteiger partial charge in [0, 0.05) is 44.5 Å². The maximum atomic E-state index is 13.6. The summed E-state index contributed by atoms with van der Waals surface area (Å²) in [6, 6.07) is 0. The number of alkyl halides is 6. The van der Waals surface area contributed by atoms with Crippen molar-refractivity contribution in [1.29, 1.82) is 0 Å². The summed E-state index contributed by atoms with van der Waals surface area (Å²) in [7, 11) is 0. The van der Waals surface area contributed by atoms with E-state index in [4.69, 9.17) is 4.74 Å². The van der Waals surface area contributed by atoms with Gasteiger partial charge in [0.15, 0.2) is 0 Å².